The summed E-state index contributed by atoms with van der Waals surface area (Å²) in [4.78, 5) is 2.59. The molecule has 2 saturated heterocycles. The van der Waals surface area contributed by atoms with Gasteiger partial charge in [-0.25, -0.2) is 0 Å². The molecule has 96 valence electrons. The summed E-state index contributed by atoms with van der Waals surface area (Å²) >= 11 is 0. The van der Waals surface area contributed by atoms with Gasteiger partial charge in [0, 0.05) is 25.0 Å². The standard InChI is InChI=1S/C14H24N2O/c1-3-5-8-13(15-4-2)14-10-16-9-6-7-12(16)11-17-14/h1,12-15H,4-11H2,2H3. The van der Waals surface area contributed by atoms with E-state index in [0.717, 1.165) is 32.5 Å². The van der Waals surface area contributed by atoms with Gasteiger partial charge in [0.1, 0.15) is 0 Å². The van der Waals surface area contributed by atoms with Crippen LogP contribution in [0.25, 0.3) is 0 Å². The highest BCUT2D eigenvalue weighted by molar-refractivity contribution is 4.92. The van der Waals surface area contributed by atoms with Crippen LogP contribution in [-0.4, -0.2) is 49.3 Å². The van der Waals surface area contributed by atoms with Gasteiger partial charge in [0.2, 0.25) is 0 Å². The van der Waals surface area contributed by atoms with Crippen molar-refractivity contribution < 1.29 is 4.74 Å². The van der Waals surface area contributed by atoms with Crippen LogP contribution < -0.4 is 5.32 Å². The molecular formula is C14H24N2O. The topological polar surface area (TPSA) is 24.5 Å². The van der Waals surface area contributed by atoms with Gasteiger partial charge in [-0.15, -0.1) is 12.3 Å². The third-order valence-corrected chi connectivity index (χ3v) is 3.93. The summed E-state index contributed by atoms with van der Waals surface area (Å²) in [5.74, 6) is 2.73. The summed E-state index contributed by atoms with van der Waals surface area (Å²) in [6.07, 6.45) is 10.2. The zero-order valence-corrected chi connectivity index (χ0v) is 10.8. The Morgan fingerprint density at radius 3 is 3.24 bits per heavy atom. The number of nitrogens with one attached hydrogen (secondary N) is 1. The van der Waals surface area contributed by atoms with E-state index in [1.807, 2.05) is 0 Å². The smallest absolute Gasteiger partial charge is 0.0855 e. The van der Waals surface area contributed by atoms with Crippen molar-refractivity contribution in [2.75, 3.05) is 26.2 Å². The molecule has 0 aromatic rings. The zero-order chi connectivity index (χ0) is 12.1. The minimum absolute atomic E-state index is 0.317. The van der Waals surface area contributed by atoms with E-state index in [9.17, 15) is 0 Å². The fourth-order valence-corrected chi connectivity index (χ4v) is 3.01. The highest BCUT2D eigenvalue weighted by Gasteiger charge is 2.35. The van der Waals surface area contributed by atoms with E-state index in [1.165, 1.54) is 19.4 Å². The molecule has 1 N–H and O–H groups in total. The molecule has 0 aliphatic carbocycles. The van der Waals surface area contributed by atoms with E-state index in [0.29, 0.717) is 18.2 Å². The number of terminal acetylenes is 1. The molecule has 0 saturated carbocycles. The summed E-state index contributed by atoms with van der Waals surface area (Å²) in [7, 11) is 0. The monoisotopic (exact) mass is 236 g/mol. The molecule has 0 aromatic carbocycles. The Kier molecular flexibility index (Phi) is 4.85. The summed E-state index contributed by atoms with van der Waals surface area (Å²) in [5, 5.41) is 3.52. The second-order valence-electron chi connectivity index (χ2n) is 5.07. The lowest BCUT2D eigenvalue weighted by atomic mass is 10.0. The van der Waals surface area contributed by atoms with E-state index < -0.39 is 0 Å². The molecule has 2 aliphatic heterocycles. The Morgan fingerprint density at radius 2 is 2.47 bits per heavy atom. The van der Waals surface area contributed by atoms with Gasteiger partial charge in [0.15, 0.2) is 0 Å². The van der Waals surface area contributed by atoms with Crippen LogP contribution in [0.1, 0.15) is 32.6 Å². The van der Waals surface area contributed by atoms with Crippen LogP contribution in [0.3, 0.4) is 0 Å². The molecule has 3 atom stereocenters. The maximum atomic E-state index is 6.03. The van der Waals surface area contributed by atoms with Crippen molar-refractivity contribution in [3.63, 3.8) is 0 Å². The average molecular weight is 236 g/mol. The Balaban J connectivity index is 1.87. The SMILES string of the molecule is C#CCCC(NCC)C1CN2CCCC2CO1. The van der Waals surface area contributed by atoms with E-state index in [1.54, 1.807) is 0 Å². The van der Waals surface area contributed by atoms with Crippen LogP contribution in [0, 0.1) is 12.3 Å². The van der Waals surface area contributed by atoms with Gasteiger partial charge in [-0.2, -0.15) is 0 Å². The van der Waals surface area contributed by atoms with E-state index >= 15 is 0 Å². The molecule has 0 bridgehead atoms. The number of hydrogen-bond acceptors (Lipinski definition) is 3. The van der Waals surface area contributed by atoms with Crippen molar-refractivity contribution in [2.24, 2.45) is 0 Å². The second kappa shape index (κ2) is 6.39. The number of nitrogens with zero attached hydrogens (tertiary/aromatic N) is 1. The van der Waals surface area contributed by atoms with Gasteiger partial charge < -0.3 is 10.1 Å². The molecule has 2 aliphatic rings. The van der Waals surface area contributed by atoms with Gasteiger partial charge in [0.25, 0.3) is 0 Å². The van der Waals surface area contributed by atoms with Crippen LogP contribution in [0.15, 0.2) is 0 Å². The predicted molar refractivity (Wildman–Crippen MR) is 69.9 cm³/mol. The molecular weight excluding hydrogens is 212 g/mol. The molecule has 0 amide bonds. The van der Waals surface area contributed by atoms with Crippen LogP contribution in [0.2, 0.25) is 0 Å². The Labute approximate surface area is 105 Å². The highest BCUT2D eigenvalue weighted by atomic mass is 16.5. The fraction of sp³-hybridized carbons (Fsp3) is 0.857. The summed E-state index contributed by atoms with van der Waals surface area (Å²) < 4.78 is 6.03. The molecule has 2 fully saturated rings. The number of fused-ring (bicyclic) bond motifs is 1. The Hall–Kier alpha value is -0.560. The molecule has 0 radical (unpaired) electrons. The maximum Gasteiger partial charge on any atom is 0.0855 e. The lowest BCUT2D eigenvalue weighted by Gasteiger charge is -2.39. The first-order chi connectivity index (χ1) is 8.35. The normalized spacial score (nSPS) is 30.8. The number of likely N-dealkylation sites (N-methyl/N-ethyl adjacent to an activating group) is 1. The predicted octanol–water partition coefficient (Wildman–Crippen LogP) is 1.24. The third-order valence-electron chi connectivity index (χ3n) is 3.93. The van der Waals surface area contributed by atoms with Crippen molar-refractivity contribution in [3.05, 3.63) is 0 Å². The highest BCUT2D eigenvalue weighted by Crippen LogP contribution is 2.24. The summed E-state index contributed by atoms with van der Waals surface area (Å²) in [6, 6.07) is 1.10. The zero-order valence-electron chi connectivity index (χ0n) is 10.8. The maximum absolute atomic E-state index is 6.03. The van der Waals surface area contributed by atoms with Gasteiger partial charge in [0.05, 0.1) is 12.7 Å². The van der Waals surface area contributed by atoms with E-state index in [2.05, 4.69) is 23.1 Å². The quantitative estimate of drug-likeness (QED) is 0.727. The molecule has 17 heavy (non-hydrogen) atoms. The van der Waals surface area contributed by atoms with Crippen molar-refractivity contribution in [1.29, 1.82) is 0 Å². The average Bonchev–Trinajstić information content (AvgIpc) is 2.81. The molecule has 2 heterocycles. The van der Waals surface area contributed by atoms with Crippen molar-refractivity contribution in [2.45, 2.75) is 50.8 Å². The van der Waals surface area contributed by atoms with Crippen LogP contribution >= 0.6 is 0 Å². The minimum atomic E-state index is 0.317. The number of ether oxygens (including phenoxy) is 1. The van der Waals surface area contributed by atoms with Crippen molar-refractivity contribution in [3.8, 4) is 12.3 Å². The minimum Gasteiger partial charge on any atom is -0.374 e. The second-order valence-corrected chi connectivity index (χ2v) is 5.07. The van der Waals surface area contributed by atoms with Crippen LogP contribution in [0.4, 0.5) is 0 Å². The van der Waals surface area contributed by atoms with Crippen molar-refractivity contribution in [1.82, 2.24) is 10.2 Å². The third kappa shape index (κ3) is 3.22. The lowest BCUT2D eigenvalue weighted by molar-refractivity contribution is -0.0651. The first-order valence-electron chi connectivity index (χ1n) is 6.87. The van der Waals surface area contributed by atoms with Gasteiger partial charge >= 0.3 is 0 Å². The number of hydrogen-bond donors (Lipinski definition) is 1. The van der Waals surface area contributed by atoms with Gasteiger partial charge in [-0.1, -0.05) is 6.92 Å². The van der Waals surface area contributed by atoms with Gasteiger partial charge in [-0.05, 0) is 32.4 Å². The first kappa shape index (κ1) is 12.9. The van der Waals surface area contributed by atoms with Crippen LogP contribution in [0.5, 0.6) is 0 Å². The molecule has 3 nitrogen and oxygen atoms in total. The van der Waals surface area contributed by atoms with E-state index in [-0.39, 0.29) is 0 Å². The summed E-state index contributed by atoms with van der Waals surface area (Å²) in [5.41, 5.74) is 0. The molecule has 0 spiro atoms. The molecule has 3 unspecified atom stereocenters. The lowest BCUT2D eigenvalue weighted by Crippen LogP contribution is -2.54. The first-order valence-corrected chi connectivity index (χ1v) is 6.87. The fourth-order valence-electron chi connectivity index (χ4n) is 3.01. The van der Waals surface area contributed by atoms with Gasteiger partial charge in [-0.3, -0.25) is 4.90 Å². The summed E-state index contributed by atoms with van der Waals surface area (Å²) in [6.45, 7) is 6.36. The molecule has 2 rings (SSSR count). The number of morpholine rings is 1. The van der Waals surface area contributed by atoms with E-state index in [4.69, 9.17) is 11.2 Å². The van der Waals surface area contributed by atoms with Crippen molar-refractivity contribution >= 4 is 0 Å². The largest absolute Gasteiger partial charge is 0.374 e. The molecule has 0 aromatic heterocycles. The molecule has 3 heteroatoms. The Morgan fingerprint density at radius 1 is 1.59 bits per heavy atom. The van der Waals surface area contributed by atoms with Crippen LogP contribution in [-0.2, 0) is 4.74 Å². The number of rotatable bonds is 5. The Bertz CT molecular complexity index is 274.